The molecule has 3 atom stereocenters. The van der Waals surface area contributed by atoms with E-state index in [4.69, 9.17) is 18.6 Å². The minimum absolute atomic E-state index is 0.000152. The fourth-order valence-corrected chi connectivity index (χ4v) is 10.3. The van der Waals surface area contributed by atoms with Gasteiger partial charge in [0, 0.05) is 43.8 Å². The highest BCUT2D eigenvalue weighted by atomic mass is 32.2. The Morgan fingerprint density at radius 1 is 0.912 bits per heavy atom. The lowest BCUT2D eigenvalue weighted by atomic mass is 9.85. The summed E-state index contributed by atoms with van der Waals surface area (Å²) in [4.78, 5) is 71.3. The van der Waals surface area contributed by atoms with Crippen LogP contribution in [0, 0.1) is 18.3 Å². The molecule has 0 spiro atoms. The van der Waals surface area contributed by atoms with Crippen molar-refractivity contribution >= 4 is 63.2 Å². The van der Waals surface area contributed by atoms with Crippen LogP contribution in [0.4, 0.5) is 5.13 Å². The number of aliphatic hydroxyl groups is 1. The number of anilines is 1. The zero-order chi connectivity index (χ0) is 48.8. The van der Waals surface area contributed by atoms with Crippen molar-refractivity contribution in [1.29, 1.82) is 0 Å². The van der Waals surface area contributed by atoms with Crippen molar-refractivity contribution in [3.05, 3.63) is 65.1 Å². The first-order chi connectivity index (χ1) is 32.4. The van der Waals surface area contributed by atoms with Gasteiger partial charge in [-0.2, -0.15) is 0 Å². The van der Waals surface area contributed by atoms with Gasteiger partial charge in [-0.25, -0.2) is 15.0 Å². The number of β-amino-alcohol motifs (C(OH)–C–C–N with tert-alkyl or cyclic N) is 1. The molecule has 20 heteroatoms. The number of ether oxygens (including phenoxy) is 3. The second kappa shape index (κ2) is 25.0. The van der Waals surface area contributed by atoms with Gasteiger partial charge in [0.1, 0.15) is 17.8 Å². The number of aryl methyl sites for hydroxylation is 1. The van der Waals surface area contributed by atoms with Crippen LogP contribution in [0.5, 0.6) is 0 Å². The van der Waals surface area contributed by atoms with E-state index in [0.29, 0.717) is 49.8 Å². The van der Waals surface area contributed by atoms with Crippen LogP contribution in [0.15, 0.2) is 50.8 Å². The normalized spacial score (nSPS) is 17.6. The summed E-state index contributed by atoms with van der Waals surface area (Å²) in [7, 11) is 0. The van der Waals surface area contributed by atoms with Crippen molar-refractivity contribution in [3.63, 3.8) is 0 Å². The molecule has 0 radical (unpaired) electrons. The highest BCUT2D eigenvalue weighted by Crippen LogP contribution is 2.33. The Morgan fingerprint density at radius 2 is 1.60 bits per heavy atom. The number of rotatable bonds is 23. The Labute approximate surface area is 411 Å². The van der Waals surface area contributed by atoms with E-state index < -0.39 is 29.5 Å². The molecular formula is C48H68N8O9S3. The third kappa shape index (κ3) is 15.9. The molecule has 17 nitrogen and oxygen atoms in total. The van der Waals surface area contributed by atoms with Gasteiger partial charge in [0.2, 0.25) is 29.5 Å². The molecule has 4 aromatic rings. The van der Waals surface area contributed by atoms with Gasteiger partial charge in [0.05, 0.1) is 84.2 Å². The summed E-state index contributed by atoms with van der Waals surface area (Å²) in [5.74, 6) is 0.947. The van der Waals surface area contributed by atoms with Crippen molar-refractivity contribution in [2.45, 2.75) is 114 Å². The number of nitrogens with zero attached hydrogens (tertiary/aromatic N) is 5. The van der Waals surface area contributed by atoms with Gasteiger partial charge in [-0.15, -0.1) is 23.1 Å². The van der Waals surface area contributed by atoms with Crippen molar-refractivity contribution in [2.75, 3.05) is 71.1 Å². The fraction of sp³-hybridized carbons (Fsp3) is 0.604. The number of aromatic nitrogens is 3. The number of hydrogen-bond donors (Lipinski definition) is 4. The molecule has 2 aliphatic rings. The number of hydrogen-bond acceptors (Lipinski definition) is 16. The zero-order valence-corrected chi connectivity index (χ0v) is 42.8. The van der Waals surface area contributed by atoms with Crippen LogP contribution in [0.3, 0.4) is 0 Å². The van der Waals surface area contributed by atoms with Gasteiger partial charge in [0.25, 0.3) is 0 Å². The van der Waals surface area contributed by atoms with Crippen molar-refractivity contribution < 1.29 is 42.9 Å². The first-order valence-electron chi connectivity index (χ1n) is 23.3. The minimum atomic E-state index is -0.922. The number of nitrogens with one attached hydrogen (secondary N) is 3. The lowest BCUT2D eigenvalue weighted by molar-refractivity contribution is -0.144. The summed E-state index contributed by atoms with van der Waals surface area (Å²) in [6.45, 7) is 18.6. The molecule has 2 fully saturated rings. The van der Waals surface area contributed by atoms with Crippen LogP contribution >= 0.6 is 34.4 Å². The first-order valence-corrected chi connectivity index (χ1v) is 26.0. The monoisotopic (exact) mass is 996 g/mol. The number of amides is 4. The Balaban J connectivity index is 0.788. The lowest BCUT2D eigenvalue weighted by Gasteiger charge is -2.35. The zero-order valence-electron chi connectivity index (χ0n) is 40.3. The number of thioether (sulfide) groups is 1. The largest absolute Gasteiger partial charge is 0.444 e. The summed E-state index contributed by atoms with van der Waals surface area (Å²) in [5, 5.41) is 20.0. The molecule has 1 aromatic carbocycles. The van der Waals surface area contributed by atoms with Gasteiger partial charge in [-0.3, -0.25) is 19.2 Å². The molecule has 0 aliphatic carbocycles. The van der Waals surface area contributed by atoms with Crippen LogP contribution in [0.1, 0.15) is 90.1 Å². The molecule has 2 aliphatic heterocycles. The van der Waals surface area contributed by atoms with E-state index in [0.717, 1.165) is 64.1 Å². The van der Waals surface area contributed by atoms with E-state index in [1.165, 1.54) is 16.2 Å². The number of thiazole rings is 2. The van der Waals surface area contributed by atoms with Crippen LogP contribution < -0.4 is 16.0 Å². The molecule has 0 saturated carbocycles. The van der Waals surface area contributed by atoms with Crippen LogP contribution in [0.2, 0.25) is 0 Å². The lowest BCUT2D eigenvalue weighted by Crippen LogP contribution is -2.57. The van der Waals surface area contributed by atoms with Crippen LogP contribution in [0.25, 0.3) is 10.4 Å². The minimum Gasteiger partial charge on any atom is -0.444 e. The molecule has 2 saturated heterocycles. The number of aliphatic hydroxyl groups excluding tert-OH is 1. The maximum absolute atomic E-state index is 13.9. The number of oxazole rings is 1. The van der Waals surface area contributed by atoms with E-state index in [1.807, 2.05) is 57.5 Å². The van der Waals surface area contributed by atoms with E-state index in [2.05, 4.69) is 56.6 Å². The topological polar surface area (TPSA) is 211 Å². The molecule has 0 bridgehead atoms. The molecule has 372 valence electrons. The Kier molecular flexibility index (Phi) is 19.5. The molecule has 6 rings (SSSR count). The summed E-state index contributed by atoms with van der Waals surface area (Å²) in [6, 6.07) is 6.10. The maximum atomic E-state index is 13.9. The molecular weight excluding hydrogens is 929 g/mol. The summed E-state index contributed by atoms with van der Waals surface area (Å²) in [6.07, 6.45) is 4.40. The summed E-state index contributed by atoms with van der Waals surface area (Å²) >= 11 is 4.62. The number of carbonyl (C=O) groups excluding carboxylic acids is 4. The van der Waals surface area contributed by atoms with E-state index in [1.54, 1.807) is 35.5 Å². The van der Waals surface area contributed by atoms with Gasteiger partial charge in [-0.05, 0) is 49.4 Å². The predicted molar refractivity (Wildman–Crippen MR) is 263 cm³/mol. The standard InChI is InChI=1S/C48H68N8O9S3/c1-31-41(67-30-52-31)33-10-8-32(9-11-33)25-50-44(60)36-24-35(57)28-56(36)45(61)42(48(5,6)7)53-38(58)14-18-62-20-22-64-23-21-63-19-17-55-15-12-34(13-16-55)43(59)54-46-51-27-40(68-46)66-29-39-49-26-37(65-39)47(2,3)4/h8-11,26-27,30,34-36,42,57H,12-25,28-29H2,1-7H3,(H,50,60)(H,53,58)(H,51,54,59)/t35-,36+,42?/m0/s1. The van der Waals surface area contributed by atoms with E-state index in [9.17, 15) is 24.3 Å². The van der Waals surface area contributed by atoms with Gasteiger partial charge >= 0.3 is 0 Å². The van der Waals surface area contributed by atoms with Crippen LogP contribution in [-0.4, -0.2) is 137 Å². The summed E-state index contributed by atoms with van der Waals surface area (Å²) < 4.78 is 23.9. The number of likely N-dealkylation sites (tertiary alicyclic amines) is 2. The molecule has 4 N–H and O–H groups in total. The van der Waals surface area contributed by atoms with Gasteiger partial charge in [0.15, 0.2) is 5.13 Å². The molecule has 4 amide bonds. The molecule has 1 unspecified atom stereocenters. The maximum Gasteiger partial charge on any atom is 0.246 e. The molecule has 5 heterocycles. The SMILES string of the molecule is Cc1ncsc1-c1ccc(CNC(=O)[C@H]2C[C@H](O)CN2C(=O)C(NC(=O)CCOCCOCCOCCN2CCC(C(=O)Nc3ncc(SCc4ncc(C(C)(C)C)o4)s3)CC2)C(C)(C)C)cc1. The van der Waals surface area contributed by atoms with Crippen molar-refractivity contribution in [3.8, 4) is 10.4 Å². The average molecular weight is 997 g/mol. The number of carbonyl (C=O) groups is 4. The van der Waals surface area contributed by atoms with E-state index >= 15 is 0 Å². The smallest absolute Gasteiger partial charge is 0.246 e. The number of benzene rings is 1. The quantitative estimate of drug-likeness (QED) is 0.0493. The van der Waals surface area contributed by atoms with Crippen LogP contribution in [-0.2, 0) is 51.1 Å². The van der Waals surface area contributed by atoms with E-state index in [-0.39, 0.29) is 61.6 Å². The number of piperidine rings is 1. The Bertz CT molecular complexity index is 2250. The third-order valence-electron chi connectivity index (χ3n) is 11.8. The Morgan fingerprint density at radius 3 is 2.25 bits per heavy atom. The predicted octanol–water partition coefficient (Wildman–Crippen LogP) is 6.05. The highest BCUT2D eigenvalue weighted by Gasteiger charge is 2.44. The third-order valence-corrected chi connectivity index (χ3v) is 14.9. The summed E-state index contributed by atoms with van der Waals surface area (Å²) in [5.41, 5.74) is 3.98. The Hall–Kier alpha value is -4.28. The molecule has 68 heavy (non-hydrogen) atoms. The second-order valence-electron chi connectivity index (χ2n) is 19.3. The van der Waals surface area contributed by atoms with Gasteiger partial charge < -0.3 is 49.5 Å². The average Bonchev–Trinajstić information content (AvgIpc) is 4.14. The first kappa shape index (κ1) is 53.1. The second-order valence-corrected chi connectivity index (χ2v) is 22.4. The fourth-order valence-electron chi connectivity index (χ4n) is 7.78. The van der Waals surface area contributed by atoms with Gasteiger partial charge in [-0.1, -0.05) is 77.1 Å². The van der Waals surface area contributed by atoms with Crippen molar-refractivity contribution in [2.24, 2.45) is 11.3 Å². The molecule has 3 aromatic heterocycles. The van der Waals surface area contributed by atoms with Crippen molar-refractivity contribution in [1.82, 2.24) is 35.4 Å². The highest BCUT2D eigenvalue weighted by molar-refractivity contribution is 8.00.